The van der Waals surface area contributed by atoms with Crippen LogP contribution < -0.4 is 10.1 Å². The molecule has 0 bridgehead atoms. The molecule has 1 aromatic carbocycles. The molecule has 0 spiro atoms. The smallest absolute Gasteiger partial charge is 0.227 e. The third kappa shape index (κ3) is 3.79. The minimum absolute atomic E-state index is 0.00658. The zero-order valence-electron chi connectivity index (χ0n) is 15.9. The van der Waals surface area contributed by atoms with E-state index in [1.165, 1.54) is 0 Å². The maximum Gasteiger partial charge on any atom is 0.227 e. The van der Waals surface area contributed by atoms with E-state index in [1.807, 2.05) is 50.1 Å². The predicted molar refractivity (Wildman–Crippen MR) is 101 cm³/mol. The van der Waals surface area contributed by atoms with Gasteiger partial charge in [-0.1, -0.05) is 17.7 Å². The van der Waals surface area contributed by atoms with Crippen LogP contribution in [0.25, 0.3) is 0 Å². The van der Waals surface area contributed by atoms with Crippen molar-refractivity contribution < 1.29 is 9.53 Å². The number of ether oxygens (including phenoxy) is 1. The number of carbonyl (C=O) groups excluding carboxylic acids is 1. The van der Waals surface area contributed by atoms with Crippen molar-refractivity contribution >= 4 is 11.7 Å². The molecule has 1 atom stereocenters. The quantitative estimate of drug-likeness (QED) is 0.894. The Morgan fingerprint density at radius 3 is 2.85 bits per heavy atom. The van der Waals surface area contributed by atoms with Gasteiger partial charge in [0.15, 0.2) is 0 Å². The van der Waals surface area contributed by atoms with E-state index in [1.54, 1.807) is 7.11 Å². The summed E-state index contributed by atoms with van der Waals surface area (Å²) in [5.74, 6) is 2.37. The summed E-state index contributed by atoms with van der Waals surface area (Å²) >= 11 is 0. The zero-order valence-corrected chi connectivity index (χ0v) is 15.9. The highest BCUT2D eigenvalue weighted by Crippen LogP contribution is 2.33. The Balaban J connectivity index is 1.83. The van der Waals surface area contributed by atoms with E-state index in [-0.39, 0.29) is 11.9 Å². The van der Waals surface area contributed by atoms with E-state index in [0.717, 1.165) is 47.8 Å². The summed E-state index contributed by atoms with van der Waals surface area (Å²) in [4.78, 5) is 23.9. The van der Waals surface area contributed by atoms with Crippen LogP contribution in [0.15, 0.2) is 24.3 Å². The van der Waals surface area contributed by atoms with Crippen LogP contribution in [0.2, 0.25) is 0 Å². The van der Waals surface area contributed by atoms with Gasteiger partial charge in [-0.15, -0.1) is 0 Å². The number of benzene rings is 1. The molecule has 0 aliphatic carbocycles. The van der Waals surface area contributed by atoms with Gasteiger partial charge in [-0.25, -0.2) is 9.97 Å². The Kier molecular flexibility index (Phi) is 5.40. The van der Waals surface area contributed by atoms with Gasteiger partial charge in [0, 0.05) is 25.2 Å². The van der Waals surface area contributed by atoms with Crippen LogP contribution in [-0.2, 0) is 11.2 Å². The first kappa shape index (κ1) is 18.2. The van der Waals surface area contributed by atoms with Crippen LogP contribution in [0.1, 0.15) is 41.5 Å². The maximum absolute atomic E-state index is 13.0. The number of nitrogens with one attached hydrogen (secondary N) is 1. The van der Waals surface area contributed by atoms with Crippen LogP contribution in [0.5, 0.6) is 5.75 Å². The Morgan fingerprint density at radius 2 is 2.12 bits per heavy atom. The second-order valence-electron chi connectivity index (χ2n) is 6.71. The molecule has 0 radical (unpaired) electrons. The van der Waals surface area contributed by atoms with Gasteiger partial charge in [-0.05, 0) is 32.8 Å². The van der Waals surface area contributed by atoms with Crippen molar-refractivity contribution in [3.63, 3.8) is 0 Å². The van der Waals surface area contributed by atoms with Gasteiger partial charge < -0.3 is 15.0 Å². The monoisotopic (exact) mass is 354 g/mol. The van der Waals surface area contributed by atoms with Crippen molar-refractivity contribution in [1.82, 2.24) is 14.9 Å². The number of methoxy groups -OCH3 is 1. The molecule has 6 nitrogen and oxygen atoms in total. The maximum atomic E-state index is 13.0. The third-order valence-corrected chi connectivity index (χ3v) is 4.81. The Hall–Kier alpha value is -2.63. The Morgan fingerprint density at radius 1 is 1.31 bits per heavy atom. The molecular weight excluding hydrogens is 328 g/mol. The van der Waals surface area contributed by atoms with E-state index in [2.05, 4.69) is 15.3 Å². The number of amides is 1. The average molecular weight is 354 g/mol. The van der Waals surface area contributed by atoms with Gasteiger partial charge in [-0.2, -0.15) is 0 Å². The summed E-state index contributed by atoms with van der Waals surface area (Å²) in [5.41, 5.74) is 2.96. The zero-order chi connectivity index (χ0) is 18.7. The Labute approximate surface area is 154 Å². The van der Waals surface area contributed by atoms with E-state index in [0.29, 0.717) is 12.2 Å². The number of anilines is 1. The molecule has 1 aromatic heterocycles. The fourth-order valence-corrected chi connectivity index (χ4v) is 3.57. The van der Waals surface area contributed by atoms with Crippen LogP contribution >= 0.6 is 0 Å². The Bertz CT molecular complexity index is 806. The predicted octanol–water partition coefficient (Wildman–Crippen LogP) is 3.05. The number of aromatic nitrogens is 2. The van der Waals surface area contributed by atoms with Crippen molar-refractivity contribution in [2.45, 2.75) is 39.2 Å². The fourth-order valence-electron chi connectivity index (χ4n) is 3.57. The number of likely N-dealkylation sites (tertiary alicyclic amines) is 1. The molecule has 1 saturated heterocycles. The SMILES string of the molecule is CNc1cc(C2CCCN2C(=O)Cc2cc(C)ccc2OC)nc(C)n1. The molecule has 6 heteroatoms. The summed E-state index contributed by atoms with van der Waals surface area (Å²) in [6.07, 6.45) is 2.25. The molecule has 1 N–H and O–H groups in total. The van der Waals surface area contributed by atoms with Crippen molar-refractivity contribution in [2.24, 2.45) is 0 Å². The summed E-state index contributed by atoms with van der Waals surface area (Å²) in [7, 11) is 3.48. The van der Waals surface area contributed by atoms with Crippen LogP contribution in [0.3, 0.4) is 0 Å². The highest BCUT2D eigenvalue weighted by Gasteiger charge is 2.31. The lowest BCUT2D eigenvalue weighted by atomic mass is 10.1. The molecule has 26 heavy (non-hydrogen) atoms. The highest BCUT2D eigenvalue weighted by molar-refractivity contribution is 5.80. The minimum Gasteiger partial charge on any atom is -0.496 e. The fraction of sp³-hybridized carbons (Fsp3) is 0.450. The first-order valence-electron chi connectivity index (χ1n) is 8.98. The van der Waals surface area contributed by atoms with Crippen molar-refractivity contribution in [3.05, 3.63) is 46.9 Å². The van der Waals surface area contributed by atoms with E-state index in [9.17, 15) is 4.79 Å². The lowest BCUT2D eigenvalue weighted by Gasteiger charge is -2.25. The van der Waals surface area contributed by atoms with Gasteiger partial charge >= 0.3 is 0 Å². The second-order valence-corrected chi connectivity index (χ2v) is 6.71. The average Bonchev–Trinajstić information content (AvgIpc) is 3.11. The van der Waals surface area contributed by atoms with E-state index >= 15 is 0 Å². The molecule has 2 heterocycles. The molecule has 138 valence electrons. The molecule has 1 unspecified atom stereocenters. The van der Waals surface area contributed by atoms with Gasteiger partial charge in [0.05, 0.1) is 25.3 Å². The van der Waals surface area contributed by atoms with E-state index < -0.39 is 0 Å². The summed E-state index contributed by atoms with van der Waals surface area (Å²) < 4.78 is 5.42. The molecule has 1 aliphatic rings. The van der Waals surface area contributed by atoms with Crippen molar-refractivity contribution in [1.29, 1.82) is 0 Å². The number of rotatable bonds is 5. The second kappa shape index (κ2) is 7.72. The molecule has 1 aliphatic heterocycles. The summed E-state index contributed by atoms with van der Waals surface area (Å²) in [6, 6.07) is 7.89. The first-order valence-corrected chi connectivity index (χ1v) is 8.98. The topological polar surface area (TPSA) is 67.4 Å². The largest absolute Gasteiger partial charge is 0.496 e. The summed E-state index contributed by atoms with van der Waals surface area (Å²) in [5, 5.41) is 3.07. The number of hydrogen-bond donors (Lipinski definition) is 1. The number of carbonyl (C=O) groups is 1. The van der Waals surface area contributed by atoms with E-state index in [4.69, 9.17) is 4.74 Å². The minimum atomic E-state index is 0.00658. The molecule has 3 rings (SSSR count). The van der Waals surface area contributed by atoms with Gasteiger partial charge in [0.1, 0.15) is 17.4 Å². The molecular formula is C20H26N4O2. The first-order chi connectivity index (χ1) is 12.5. The highest BCUT2D eigenvalue weighted by atomic mass is 16.5. The number of hydrogen-bond acceptors (Lipinski definition) is 5. The summed E-state index contributed by atoms with van der Waals surface area (Å²) in [6.45, 7) is 4.66. The molecule has 0 saturated carbocycles. The van der Waals surface area contributed by atoms with Crippen LogP contribution in [0.4, 0.5) is 5.82 Å². The lowest BCUT2D eigenvalue weighted by molar-refractivity contribution is -0.131. The number of aryl methyl sites for hydroxylation is 2. The molecule has 1 fully saturated rings. The van der Waals surface area contributed by atoms with Gasteiger partial charge in [0.2, 0.25) is 5.91 Å². The van der Waals surface area contributed by atoms with Crippen molar-refractivity contribution in [3.8, 4) is 5.75 Å². The van der Waals surface area contributed by atoms with Crippen molar-refractivity contribution in [2.75, 3.05) is 26.0 Å². The molecule has 2 aromatic rings. The standard InChI is InChI=1S/C20H26N4O2/c1-13-7-8-18(26-4)15(10-13)11-20(25)24-9-5-6-17(24)16-12-19(21-3)23-14(2)22-16/h7-8,10,12,17H,5-6,9,11H2,1-4H3,(H,21,22,23). The lowest BCUT2D eigenvalue weighted by Crippen LogP contribution is -2.32. The van der Waals surface area contributed by atoms with Gasteiger partial charge in [-0.3, -0.25) is 4.79 Å². The number of nitrogens with zero attached hydrogens (tertiary/aromatic N) is 3. The van der Waals surface area contributed by atoms with Crippen LogP contribution in [-0.4, -0.2) is 41.5 Å². The third-order valence-electron chi connectivity index (χ3n) is 4.81. The van der Waals surface area contributed by atoms with Gasteiger partial charge in [0.25, 0.3) is 0 Å². The normalized spacial score (nSPS) is 16.6. The van der Waals surface area contributed by atoms with Crippen LogP contribution in [0, 0.1) is 13.8 Å². The molecule has 1 amide bonds.